The Kier molecular flexibility index (Phi) is 4.81. The molecule has 0 bridgehead atoms. The van der Waals surface area contributed by atoms with Gasteiger partial charge in [-0.25, -0.2) is 0 Å². The normalized spacial score (nSPS) is 10.6. The molecule has 0 saturated carbocycles. The first-order chi connectivity index (χ1) is 8.72. The zero-order valence-electron chi connectivity index (χ0n) is 11.0. The summed E-state index contributed by atoms with van der Waals surface area (Å²) >= 11 is 2.44. The highest BCUT2D eigenvalue weighted by atomic mass is 127. The van der Waals surface area contributed by atoms with E-state index in [0.717, 1.165) is 19.3 Å². The average Bonchev–Trinajstić information content (AvgIpc) is 2.40. The average molecular weight is 350 g/mol. The molecule has 0 atom stereocenters. The van der Waals surface area contributed by atoms with Gasteiger partial charge in [0.25, 0.3) is 0 Å². The smallest absolute Gasteiger partial charge is 0.0165 e. The molecule has 18 heavy (non-hydrogen) atoms. The third kappa shape index (κ3) is 3.35. The van der Waals surface area contributed by atoms with Crippen LogP contribution in [-0.2, 0) is 19.3 Å². The Labute approximate surface area is 124 Å². The Morgan fingerprint density at radius 3 is 1.94 bits per heavy atom. The van der Waals surface area contributed by atoms with Crippen molar-refractivity contribution in [2.45, 2.75) is 33.1 Å². The van der Waals surface area contributed by atoms with Gasteiger partial charge in [0.2, 0.25) is 0 Å². The van der Waals surface area contributed by atoms with Crippen LogP contribution in [0, 0.1) is 3.57 Å². The summed E-state index contributed by atoms with van der Waals surface area (Å²) in [5, 5.41) is 0. The summed E-state index contributed by atoms with van der Waals surface area (Å²) in [6.45, 7) is 4.40. The maximum absolute atomic E-state index is 2.44. The summed E-state index contributed by atoms with van der Waals surface area (Å²) in [6.07, 6.45) is 3.26. The lowest BCUT2D eigenvalue weighted by Gasteiger charge is -2.07. The van der Waals surface area contributed by atoms with Crippen molar-refractivity contribution in [1.29, 1.82) is 0 Å². The summed E-state index contributed by atoms with van der Waals surface area (Å²) < 4.78 is 1.39. The molecule has 94 valence electrons. The van der Waals surface area contributed by atoms with Crippen molar-refractivity contribution in [3.8, 4) is 0 Å². The third-order valence-electron chi connectivity index (χ3n) is 3.34. The molecule has 1 heteroatoms. The maximum Gasteiger partial charge on any atom is 0.0165 e. The summed E-state index contributed by atoms with van der Waals surface area (Å²) in [5.41, 5.74) is 5.66. The minimum absolute atomic E-state index is 1.03. The zero-order chi connectivity index (χ0) is 13.0. The van der Waals surface area contributed by atoms with Gasteiger partial charge in [-0.3, -0.25) is 0 Å². The van der Waals surface area contributed by atoms with Crippen LogP contribution in [-0.4, -0.2) is 0 Å². The topological polar surface area (TPSA) is 0 Å². The first-order valence-corrected chi connectivity index (χ1v) is 7.66. The maximum atomic E-state index is 2.44. The molecule has 2 aromatic carbocycles. The number of rotatable bonds is 4. The molecule has 0 amide bonds. The standard InChI is InChI=1S/C17H19I/c1-3-13-5-7-14(8-6-13)11-15-9-10-16(4-2)17(18)12-15/h5-10,12H,3-4,11H2,1-2H3. The lowest BCUT2D eigenvalue weighted by Crippen LogP contribution is -1.93. The van der Waals surface area contributed by atoms with Crippen LogP contribution in [0.25, 0.3) is 0 Å². The molecule has 0 unspecified atom stereocenters. The minimum Gasteiger partial charge on any atom is -0.0613 e. The van der Waals surface area contributed by atoms with E-state index in [4.69, 9.17) is 0 Å². The van der Waals surface area contributed by atoms with Crippen LogP contribution in [0.3, 0.4) is 0 Å². The molecule has 0 aliphatic heterocycles. The first kappa shape index (κ1) is 13.6. The highest BCUT2D eigenvalue weighted by Crippen LogP contribution is 2.18. The van der Waals surface area contributed by atoms with E-state index < -0.39 is 0 Å². The van der Waals surface area contributed by atoms with E-state index in [9.17, 15) is 0 Å². The second kappa shape index (κ2) is 6.37. The van der Waals surface area contributed by atoms with Gasteiger partial charge < -0.3 is 0 Å². The van der Waals surface area contributed by atoms with Crippen LogP contribution >= 0.6 is 22.6 Å². The van der Waals surface area contributed by atoms with E-state index in [1.807, 2.05) is 0 Å². The fourth-order valence-corrected chi connectivity index (χ4v) is 3.08. The summed E-state index contributed by atoms with van der Waals surface area (Å²) in [5.74, 6) is 0. The van der Waals surface area contributed by atoms with Crippen molar-refractivity contribution in [3.05, 3.63) is 68.3 Å². The number of halogens is 1. The van der Waals surface area contributed by atoms with Crippen molar-refractivity contribution in [1.82, 2.24) is 0 Å². The Morgan fingerprint density at radius 2 is 1.39 bits per heavy atom. The summed E-state index contributed by atoms with van der Waals surface area (Å²) in [7, 11) is 0. The Balaban J connectivity index is 2.15. The van der Waals surface area contributed by atoms with E-state index in [0.29, 0.717) is 0 Å². The Morgan fingerprint density at radius 1 is 0.778 bits per heavy atom. The van der Waals surface area contributed by atoms with Gasteiger partial charge in [0, 0.05) is 3.57 Å². The number of aryl methyl sites for hydroxylation is 2. The van der Waals surface area contributed by atoms with Crippen LogP contribution in [0.1, 0.15) is 36.1 Å². The van der Waals surface area contributed by atoms with Crippen LogP contribution < -0.4 is 0 Å². The van der Waals surface area contributed by atoms with E-state index in [2.05, 4.69) is 78.9 Å². The number of hydrogen-bond acceptors (Lipinski definition) is 0. The quantitative estimate of drug-likeness (QED) is 0.681. The molecular weight excluding hydrogens is 331 g/mol. The van der Waals surface area contributed by atoms with Crippen LogP contribution in [0.4, 0.5) is 0 Å². The van der Waals surface area contributed by atoms with E-state index in [-0.39, 0.29) is 0 Å². The molecule has 0 heterocycles. The molecule has 0 N–H and O–H groups in total. The second-order valence-electron chi connectivity index (χ2n) is 4.63. The molecule has 2 rings (SSSR count). The zero-order valence-corrected chi connectivity index (χ0v) is 13.2. The molecule has 0 spiro atoms. The Hall–Kier alpha value is -0.830. The number of benzene rings is 2. The number of hydrogen-bond donors (Lipinski definition) is 0. The predicted octanol–water partition coefficient (Wildman–Crippen LogP) is 5.01. The van der Waals surface area contributed by atoms with Crippen molar-refractivity contribution in [2.24, 2.45) is 0 Å². The lowest BCUT2D eigenvalue weighted by atomic mass is 10.0. The van der Waals surface area contributed by atoms with Crippen molar-refractivity contribution in [3.63, 3.8) is 0 Å². The summed E-state index contributed by atoms with van der Waals surface area (Å²) in [4.78, 5) is 0. The largest absolute Gasteiger partial charge is 0.0613 e. The lowest BCUT2D eigenvalue weighted by molar-refractivity contribution is 1.10. The monoisotopic (exact) mass is 350 g/mol. The fourth-order valence-electron chi connectivity index (χ4n) is 2.12. The van der Waals surface area contributed by atoms with Gasteiger partial charge in [0.1, 0.15) is 0 Å². The van der Waals surface area contributed by atoms with E-state index >= 15 is 0 Å². The highest BCUT2D eigenvalue weighted by molar-refractivity contribution is 14.1. The van der Waals surface area contributed by atoms with Crippen LogP contribution in [0.5, 0.6) is 0 Å². The molecule has 0 nitrogen and oxygen atoms in total. The highest BCUT2D eigenvalue weighted by Gasteiger charge is 2.01. The molecule has 0 aromatic heterocycles. The van der Waals surface area contributed by atoms with E-state index in [1.165, 1.54) is 25.8 Å². The van der Waals surface area contributed by atoms with Gasteiger partial charge in [0.15, 0.2) is 0 Å². The molecule has 0 aliphatic carbocycles. The van der Waals surface area contributed by atoms with Gasteiger partial charge in [0.05, 0.1) is 0 Å². The van der Waals surface area contributed by atoms with Gasteiger partial charge in [-0.2, -0.15) is 0 Å². The van der Waals surface area contributed by atoms with Crippen molar-refractivity contribution in [2.75, 3.05) is 0 Å². The van der Waals surface area contributed by atoms with Gasteiger partial charge in [-0.15, -0.1) is 0 Å². The molecule has 2 aromatic rings. The van der Waals surface area contributed by atoms with Crippen LogP contribution in [0.15, 0.2) is 42.5 Å². The van der Waals surface area contributed by atoms with Crippen LogP contribution in [0.2, 0.25) is 0 Å². The third-order valence-corrected chi connectivity index (χ3v) is 4.34. The van der Waals surface area contributed by atoms with Crippen molar-refractivity contribution < 1.29 is 0 Å². The Bertz CT molecular complexity index is 512. The molecule has 0 aliphatic rings. The molecule has 0 radical (unpaired) electrons. The fraction of sp³-hybridized carbons (Fsp3) is 0.294. The van der Waals surface area contributed by atoms with Gasteiger partial charge in [-0.05, 0) is 70.2 Å². The minimum atomic E-state index is 1.03. The molecular formula is C17H19I. The summed E-state index contributed by atoms with van der Waals surface area (Å²) in [6, 6.07) is 15.8. The predicted molar refractivity (Wildman–Crippen MR) is 87.2 cm³/mol. The SMILES string of the molecule is CCc1ccc(Cc2ccc(CC)c(I)c2)cc1. The first-order valence-electron chi connectivity index (χ1n) is 6.58. The molecule has 0 saturated heterocycles. The van der Waals surface area contributed by atoms with Gasteiger partial charge >= 0.3 is 0 Å². The van der Waals surface area contributed by atoms with E-state index in [1.54, 1.807) is 0 Å². The molecule has 0 fully saturated rings. The van der Waals surface area contributed by atoms with Crippen molar-refractivity contribution >= 4 is 22.6 Å². The second-order valence-corrected chi connectivity index (χ2v) is 5.79. The van der Waals surface area contributed by atoms with Gasteiger partial charge in [-0.1, -0.05) is 50.2 Å².